The maximum absolute atomic E-state index is 11.8. The number of carbonyl (C=O) groups excluding carboxylic acids is 1. The number of rotatable bonds is 5. The smallest absolute Gasteiger partial charge is 0.224 e. The topological polar surface area (TPSA) is 63.2 Å². The maximum Gasteiger partial charge on any atom is 0.224 e. The van der Waals surface area contributed by atoms with E-state index < -0.39 is 0 Å². The van der Waals surface area contributed by atoms with Gasteiger partial charge in [-0.15, -0.1) is 0 Å². The highest BCUT2D eigenvalue weighted by molar-refractivity contribution is 6.30. The predicted octanol–water partition coefficient (Wildman–Crippen LogP) is 1.23. The Morgan fingerprint density at radius 2 is 2.47 bits per heavy atom. The lowest BCUT2D eigenvalue weighted by Crippen LogP contribution is -2.41. The van der Waals surface area contributed by atoms with E-state index in [9.17, 15) is 4.79 Å². The molecule has 1 aromatic rings. The zero-order chi connectivity index (χ0) is 13.5. The molecule has 0 spiro atoms. The number of nitrogens with one attached hydrogen (secondary N) is 2. The summed E-state index contributed by atoms with van der Waals surface area (Å²) in [5.41, 5.74) is 0. The monoisotopic (exact) mass is 283 g/mol. The Labute approximate surface area is 117 Å². The minimum atomic E-state index is 0.0856. The molecule has 0 aliphatic carbocycles. The first-order chi connectivity index (χ1) is 9.25. The van der Waals surface area contributed by atoms with Gasteiger partial charge >= 0.3 is 0 Å². The van der Waals surface area contributed by atoms with E-state index in [1.165, 1.54) is 6.20 Å². The van der Waals surface area contributed by atoms with E-state index in [1.807, 2.05) is 0 Å². The van der Waals surface area contributed by atoms with E-state index in [4.69, 9.17) is 16.3 Å². The summed E-state index contributed by atoms with van der Waals surface area (Å²) in [4.78, 5) is 15.8. The molecule has 0 bridgehead atoms. The lowest BCUT2D eigenvalue weighted by Gasteiger charge is -2.21. The number of amides is 1. The van der Waals surface area contributed by atoms with Crippen molar-refractivity contribution in [1.29, 1.82) is 0 Å². The third-order valence-electron chi connectivity index (χ3n) is 3.02. The second-order valence-corrected chi connectivity index (χ2v) is 4.93. The van der Waals surface area contributed by atoms with Gasteiger partial charge in [-0.3, -0.25) is 4.79 Å². The fraction of sp³-hybridized carbons (Fsp3) is 0.538. The zero-order valence-electron chi connectivity index (χ0n) is 10.7. The van der Waals surface area contributed by atoms with Gasteiger partial charge in [-0.1, -0.05) is 11.6 Å². The van der Waals surface area contributed by atoms with E-state index >= 15 is 0 Å². The van der Waals surface area contributed by atoms with Crippen LogP contribution in [0.4, 0.5) is 0 Å². The molecule has 2 heterocycles. The molecule has 6 heteroatoms. The molecule has 0 aromatic carbocycles. The standard InChI is InChI=1S/C13H18ClN3O2/c14-11-3-4-12(17-9-11)19-7-6-16-13(18)10-2-1-5-15-8-10/h3-4,9-10,15H,1-2,5-8H2,(H,16,18). The van der Waals surface area contributed by atoms with Crippen molar-refractivity contribution < 1.29 is 9.53 Å². The minimum Gasteiger partial charge on any atom is -0.476 e. The molecule has 5 nitrogen and oxygen atoms in total. The minimum absolute atomic E-state index is 0.0856. The fourth-order valence-corrected chi connectivity index (χ4v) is 2.11. The largest absolute Gasteiger partial charge is 0.476 e. The van der Waals surface area contributed by atoms with Gasteiger partial charge in [0.2, 0.25) is 11.8 Å². The Kier molecular flexibility index (Phi) is 5.42. The number of hydrogen-bond acceptors (Lipinski definition) is 4. The third kappa shape index (κ3) is 4.69. The van der Waals surface area contributed by atoms with Crippen molar-refractivity contribution in [2.75, 3.05) is 26.2 Å². The lowest BCUT2D eigenvalue weighted by molar-refractivity contribution is -0.125. The van der Waals surface area contributed by atoms with Crippen LogP contribution in [0.1, 0.15) is 12.8 Å². The number of aromatic nitrogens is 1. The van der Waals surface area contributed by atoms with Crippen molar-refractivity contribution in [3.63, 3.8) is 0 Å². The number of piperidine rings is 1. The van der Waals surface area contributed by atoms with E-state index in [-0.39, 0.29) is 11.8 Å². The Balaban J connectivity index is 1.63. The lowest BCUT2D eigenvalue weighted by atomic mass is 9.99. The first-order valence-electron chi connectivity index (χ1n) is 6.48. The number of halogens is 1. The van der Waals surface area contributed by atoms with Crippen LogP contribution in [0.5, 0.6) is 5.88 Å². The van der Waals surface area contributed by atoms with Crippen LogP contribution in [0.3, 0.4) is 0 Å². The summed E-state index contributed by atoms with van der Waals surface area (Å²) in [6, 6.07) is 3.42. The molecule has 0 saturated carbocycles. The van der Waals surface area contributed by atoms with E-state index in [0.717, 1.165) is 25.9 Å². The summed E-state index contributed by atoms with van der Waals surface area (Å²) in [6.45, 7) is 2.67. The van der Waals surface area contributed by atoms with Crippen molar-refractivity contribution >= 4 is 17.5 Å². The van der Waals surface area contributed by atoms with Gasteiger partial charge in [0.1, 0.15) is 6.61 Å². The molecular weight excluding hydrogens is 266 g/mol. The van der Waals surface area contributed by atoms with Crippen LogP contribution in [0.15, 0.2) is 18.3 Å². The van der Waals surface area contributed by atoms with Crippen molar-refractivity contribution in [2.45, 2.75) is 12.8 Å². The van der Waals surface area contributed by atoms with Crippen LogP contribution in [0, 0.1) is 5.92 Å². The van der Waals surface area contributed by atoms with Gasteiger partial charge in [0.15, 0.2) is 0 Å². The van der Waals surface area contributed by atoms with Crippen LogP contribution in [0.2, 0.25) is 5.02 Å². The van der Waals surface area contributed by atoms with Crippen molar-refractivity contribution in [1.82, 2.24) is 15.6 Å². The summed E-state index contributed by atoms with van der Waals surface area (Å²) in [5.74, 6) is 0.695. The average molecular weight is 284 g/mol. The molecule has 0 radical (unpaired) electrons. The SMILES string of the molecule is O=C(NCCOc1ccc(Cl)cn1)C1CCCNC1. The van der Waals surface area contributed by atoms with E-state index in [0.29, 0.717) is 24.1 Å². The van der Waals surface area contributed by atoms with Crippen molar-refractivity contribution in [3.05, 3.63) is 23.4 Å². The molecule has 104 valence electrons. The molecule has 1 amide bonds. The number of ether oxygens (including phenoxy) is 1. The van der Waals surface area contributed by atoms with Crippen LogP contribution in [-0.4, -0.2) is 37.1 Å². The molecular formula is C13H18ClN3O2. The fourth-order valence-electron chi connectivity index (χ4n) is 2.00. The normalized spacial score (nSPS) is 18.9. The quantitative estimate of drug-likeness (QED) is 0.798. The Bertz CT molecular complexity index is 405. The Morgan fingerprint density at radius 1 is 1.58 bits per heavy atom. The Hall–Kier alpha value is -1.33. The van der Waals surface area contributed by atoms with Gasteiger partial charge in [-0.05, 0) is 25.5 Å². The summed E-state index contributed by atoms with van der Waals surface area (Å²) < 4.78 is 5.40. The maximum atomic E-state index is 11.8. The van der Waals surface area contributed by atoms with Crippen molar-refractivity contribution in [2.24, 2.45) is 5.92 Å². The molecule has 1 aromatic heterocycles. The summed E-state index contributed by atoms with van der Waals surface area (Å²) in [5, 5.41) is 6.67. The highest BCUT2D eigenvalue weighted by atomic mass is 35.5. The zero-order valence-corrected chi connectivity index (χ0v) is 11.4. The number of hydrogen-bond donors (Lipinski definition) is 2. The molecule has 1 unspecified atom stereocenters. The first-order valence-corrected chi connectivity index (χ1v) is 6.86. The van der Waals surface area contributed by atoms with Gasteiger partial charge < -0.3 is 15.4 Å². The molecule has 1 fully saturated rings. The van der Waals surface area contributed by atoms with Crippen LogP contribution >= 0.6 is 11.6 Å². The van der Waals surface area contributed by atoms with Crippen LogP contribution < -0.4 is 15.4 Å². The van der Waals surface area contributed by atoms with Crippen LogP contribution in [-0.2, 0) is 4.79 Å². The highest BCUT2D eigenvalue weighted by Crippen LogP contribution is 2.11. The van der Waals surface area contributed by atoms with E-state index in [2.05, 4.69) is 15.6 Å². The van der Waals surface area contributed by atoms with Crippen LogP contribution in [0.25, 0.3) is 0 Å². The van der Waals surface area contributed by atoms with Gasteiger partial charge in [0, 0.05) is 18.8 Å². The molecule has 1 aliphatic rings. The third-order valence-corrected chi connectivity index (χ3v) is 3.24. The summed E-state index contributed by atoms with van der Waals surface area (Å²) in [7, 11) is 0. The summed E-state index contributed by atoms with van der Waals surface area (Å²) >= 11 is 5.72. The van der Waals surface area contributed by atoms with Gasteiger partial charge in [0.05, 0.1) is 17.5 Å². The van der Waals surface area contributed by atoms with Crippen molar-refractivity contribution in [3.8, 4) is 5.88 Å². The second-order valence-electron chi connectivity index (χ2n) is 4.50. The van der Waals surface area contributed by atoms with Gasteiger partial charge in [-0.2, -0.15) is 0 Å². The average Bonchev–Trinajstić information content (AvgIpc) is 2.46. The van der Waals surface area contributed by atoms with Gasteiger partial charge in [-0.25, -0.2) is 4.98 Å². The molecule has 19 heavy (non-hydrogen) atoms. The molecule has 2 rings (SSSR count). The molecule has 2 N–H and O–H groups in total. The second kappa shape index (κ2) is 7.31. The highest BCUT2D eigenvalue weighted by Gasteiger charge is 2.20. The molecule has 1 saturated heterocycles. The van der Waals surface area contributed by atoms with Gasteiger partial charge in [0.25, 0.3) is 0 Å². The summed E-state index contributed by atoms with van der Waals surface area (Å²) in [6.07, 6.45) is 3.55. The number of nitrogens with zero attached hydrogens (tertiary/aromatic N) is 1. The molecule has 1 aliphatic heterocycles. The first kappa shape index (κ1) is 14.1. The Morgan fingerprint density at radius 3 is 3.16 bits per heavy atom. The number of carbonyl (C=O) groups is 1. The predicted molar refractivity (Wildman–Crippen MR) is 73.3 cm³/mol. The van der Waals surface area contributed by atoms with E-state index in [1.54, 1.807) is 12.1 Å². The number of pyridine rings is 1. The molecule has 1 atom stereocenters.